The van der Waals surface area contributed by atoms with Crippen molar-refractivity contribution >= 4 is 15.9 Å². The van der Waals surface area contributed by atoms with Gasteiger partial charge in [-0.25, -0.2) is 18.1 Å². The normalized spacial score (nSPS) is 21.6. The summed E-state index contributed by atoms with van der Waals surface area (Å²) < 4.78 is 29.4. The molecule has 1 aliphatic heterocycles. The molecule has 2 aromatic rings. The summed E-state index contributed by atoms with van der Waals surface area (Å²) in [7, 11) is -3.43. The zero-order valence-electron chi connectivity index (χ0n) is 15.9. The van der Waals surface area contributed by atoms with Crippen LogP contribution >= 0.6 is 0 Å². The number of benzene rings is 1. The summed E-state index contributed by atoms with van der Waals surface area (Å²) in [6, 6.07) is 8.75. The molecule has 1 aromatic carbocycles. The van der Waals surface area contributed by atoms with Crippen LogP contribution in [0.1, 0.15) is 55.8 Å². The van der Waals surface area contributed by atoms with Crippen LogP contribution in [-0.4, -0.2) is 36.4 Å². The van der Waals surface area contributed by atoms with Gasteiger partial charge >= 0.3 is 0 Å². The van der Waals surface area contributed by atoms with Crippen LogP contribution in [0.5, 0.6) is 0 Å². The van der Waals surface area contributed by atoms with Crippen molar-refractivity contribution in [2.24, 2.45) is 10.7 Å². The van der Waals surface area contributed by atoms with Gasteiger partial charge in [-0.15, -0.1) is 0 Å². The van der Waals surface area contributed by atoms with Crippen molar-refractivity contribution in [2.75, 3.05) is 6.54 Å². The van der Waals surface area contributed by atoms with Crippen LogP contribution in [-0.2, 0) is 16.6 Å². The lowest BCUT2D eigenvalue weighted by molar-refractivity contribution is 0.365. The molecule has 8 heteroatoms. The van der Waals surface area contributed by atoms with Gasteiger partial charge in [0.1, 0.15) is 11.5 Å². The maximum atomic E-state index is 12.3. The molecule has 28 heavy (non-hydrogen) atoms. The lowest BCUT2D eigenvalue weighted by Crippen LogP contribution is -2.33. The molecule has 150 valence electrons. The van der Waals surface area contributed by atoms with Crippen molar-refractivity contribution in [1.82, 2.24) is 14.3 Å². The molecular formula is C20H27N5O2S. The molecule has 0 spiro atoms. The average molecular weight is 402 g/mol. The fourth-order valence-electron chi connectivity index (χ4n) is 4.28. The van der Waals surface area contributed by atoms with Gasteiger partial charge in [0.2, 0.25) is 10.0 Å². The second kappa shape index (κ2) is 8.05. The minimum Gasteiger partial charge on any atom is -0.382 e. The molecule has 0 bridgehead atoms. The Balaban J connectivity index is 1.34. The van der Waals surface area contributed by atoms with Crippen molar-refractivity contribution in [3.05, 3.63) is 48.0 Å². The summed E-state index contributed by atoms with van der Waals surface area (Å²) in [6.45, 7) is 1.23. The highest BCUT2D eigenvalue weighted by molar-refractivity contribution is 7.89. The van der Waals surface area contributed by atoms with E-state index in [9.17, 15) is 8.42 Å². The minimum absolute atomic E-state index is 0.286. The third kappa shape index (κ3) is 3.84. The largest absolute Gasteiger partial charge is 0.382 e. The number of imidazole rings is 1. The number of nitrogens with two attached hydrogens (primary N) is 1. The SMILES string of the molecule is NC1=NC2CCCCC2c2c1ncn2CCCCNS(=O)(=O)c1ccccc1. The molecule has 1 aliphatic carbocycles. The van der Waals surface area contributed by atoms with Crippen molar-refractivity contribution in [1.29, 1.82) is 0 Å². The zero-order chi connectivity index (χ0) is 19.6. The highest BCUT2D eigenvalue weighted by Gasteiger charge is 2.35. The van der Waals surface area contributed by atoms with E-state index in [-0.39, 0.29) is 6.04 Å². The van der Waals surface area contributed by atoms with E-state index in [1.807, 2.05) is 6.33 Å². The van der Waals surface area contributed by atoms with Crippen LogP contribution < -0.4 is 10.5 Å². The second-order valence-electron chi connectivity index (χ2n) is 7.56. The molecule has 0 amide bonds. The Morgan fingerprint density at radius 2 is 1.93 bits per heavy atom. The smallest absolute Gasteiger partial charge is 0.240 e. The molecule has 4 rings (SSSR count). The lowest BCUT2D eigenvalue weighted by Gasteiger charge is -2.33. The van der Waals surface area contributed by atoms with Crippen molar-refractivity contribution in [2.45, 2.75) is 61.9 Å². The Kier molecular flexibility index (Phi) is 5.50. The second-order valence-corrected chi connectivity index (χ2v) is 9.33. The van der Waals surface area contributed by atoms with Crippen molar-refractivity contribution < 1.29 is 8.42 Å². The van der Waals surface area contributed by atoms with Crippen LogP contribution in [0, 0.1) is 0 Å². The van der Waals surface area contributed by atoms with E-state index in [1.165, 1.54) is 18.5 Å². The Hall–Kier alpha value is -2.19. The number of rotatable bonds is 7. The molecule has 0 saturated heterocycles. The van der Waals surface area contributed by atoms with Crippen LogP contribution in [0.4, 0.5) is 0 Å². The average Bonchev–Trinajstić information content (AvgIpc) is 3.13. The number of fused-ring (bicyclic) bond motifs is 3. The summed E-state index contributed by atoms with van der Waals surface area (Å²) in [5.41, 5.74) is 8.21. The first-order valence-corrected chi connectivity index (χ1v) is 11.5. The summed E-state index contributed by atoms with van der Waals surface area (Å²) in [5, 5.41) is 0. The van der Waals surface area contributed by atoms with E-state index >= 15 is 0 Å². The van der Waals surface area contributed by atoms with Gasteiger partial charge in [-0.3, -0.25) is 4.99 Å². The summed E-state index contributed by atoms with van der Waals surface area (Å²) in [4.78, 5) is 9.47. The third-order valence-electron chi connectivity index (χ3n) is 5.68. The summed E-state index contributed by atoms with van der Waals surface area (Å²) in [5.74, 6) is 0.975. The van der Waals surface area contributed by atoms with Gasteiger partial charge in [-0.05, 0) is 37.8 Å². The fourth-order valence-corrected chi connectivity index (χ4v) is 5.37. The number of unbranched alkanes of at least 4 members (excludes halogenated alkanes) is 1. The molecule has 0 radical (unpaired) electrons. The first kappa shape index (κ1) is 19.1. The number of aromatic nitrogens is 2. The Labute approximate surface area is 166 Å². The van der Waals surface area contributed by atoms with E-state index in [1.54, 1.807) is 30.3 Å². The van der Waals surface area contributed by atoms with E-state index < -0.39 is 10.0 Å². The quantitative estimate of drug-likeness (QED) is 0.695. The van der Waals surface area contributed by atoms with Crippen LogP contribution in [0.25, 0.3) is 0 Å². The van der Waals surface area contributed by atoms with E-state index in [0.717, 1.165) is 37.9 Å². The van der Waals surface area contributed by atoms with Gasteiger partial charge in [0.05, 0.1) is 23.0 Å². The van der Waals surface area contributed by atoms with E-state index in [0.29, 0.717) is 23.2 Å². The number of nitrogens with one attached hydrogen (secondary N) is 1. The number of aliphatic imine (C=N–C) groups is 1. The number of hydrogen-bond acceptors (Lipinski definition) is 5. The highest BCUT2D eigenvalue weighted by Crippen LogP contribution is 2.39. The number of amidine groups is 1. The molecule has 1 fully saturated rings. The van der Waals surface area contributed by atoms with Gasteiger partial charge in [-0.2, -0.15) is 0 Å². The maximum Gasteiger partial charge on any atom is 0.240 e. The Morgan fingerprint density at radius 1 is 1.14 bits per heavy atom. The van der Waals surface area contributed by atoms with Gasteiger partial charge in [-0.1, -0.05) is 31.0 Å². The molecule has 2 atom stereocenters. The molecule has 7 nitrogen and oxygen atoms in total. The van der Waals surface area contributed by atoms with Gasteiger partial charge in [0, 0.05) is 19.0 Å². The highest BCUT2D eigenvalue weighted by atomic mass is 32.2. The first-order valence-electron chi connectivity index (χ1n) is 9.99. The van der Waals surface area contributed by atoms with E-state index in [4.69, 9.17) is 5.73 Å². The molecule has 2 unspecified atom stereocenters. The van der Waals surface area contributed by atoms with Crippen molar-refractivity contribution in [3.8, 4) is 0 Å². The van der Waals surface area contributed by atoms with Crippen LogP contribution in [0.3, 0.4) is 0 Å². The number of sulfonamides is 1. The van der Waals surface area contributed by atoms with Crippen LogP contribution in [0.15, 0.2) is 46.5 Å². The molecule has 2 aliphatic rings. The lowest BCUT2D eigenvalue weighted by atomic mass is 9.80. The zero-order valence-corrected chi connectivity index (χ0v) is 16.7. The predicted molar refractivity (Wildman–Crippen MR) is 109 cm³/mol. The van der Waals surface area contributed by atoms with Gasteiger partial charge < -0.3 is 10.3 Å². The third-order valence-corrected chi connectivity index (χ3v) is 7.15. The standard InChI is InChI=1S/C20H27N5O2S/c21-20-18-19(16-10-4-5-11-17(16)24-20)25(14-22-18)13-7-6-12-23-28(26,27)15-8-2-1-3-9-15/h1-3,8-9,14,16-17,23H,4-7,10-13H2,(H2,21,24). The van der Waals surface area contributed by atoms with Crippen LogP contribution in [0.2, 0.25) is 0 Å². The van der Waals surface area contributed by atoms with Gasteiger partial charge in [0.15, 0.2) is 0 Å². The number of hydrogen-bond donors (Lipinski definition) is 2. The predicted octanol–water partition coefficient (Wildman–Crippen LogP) is 2.39. The maximum absolute atomic E-state index is 12.3. The molecule has 3 N–H and O–H groups in total. The molecule has 2 heterocycles. The topological polar surface area (TPSA) is 102 Å². The number of nitrogens with zero attached hydrogens (tertiary/aromatic N) is 3. The monoisotopic (exact) mass is 401 g/mol. The number of aryl methyl sites for hydroxylation is 1. The Bertz CT molecular complexity index is 952. The Morgan fingerprint density at radius 3 is 2.75 bits per heavy atom. The van der Waals surface area contributed by atoms with Crippen molar-refractivity contribution in [3.63, 3.8) is 0 Å². The fraction of sp³-hybridized carbons (Fsp3) is 0.500. The minimum atomic E-state index is -3.43. The van der Waals surface area contributed by atoms with Gasteiger partial charge in [0.25, 0.3) is 0 Å². The summed E-state index contributed by atoms with van der Waals surface area (Å²) in [6.07, 6.45) is 8.16. The van der Waals surface area contributed by atoms with E-state index in [2.05, 4.69) is 19.3 Å². The summed E-state index contributed by atoms with van der Waals surface area (Å²) >= 11 is 0. The molecular weight excluding hydrogens is 374 g/mol. The molecule has 1 aromatic heterocycles. The first-order chi connectivity index (χ1) is 13.6. The molecule has 1 saturated carbocycles.